The third kappa shape index (κ3) is 5.18. The van der Waals surface area contributed by atoms with Gasteiger partial charge in [0.15, 0.2) is 0 Å². The molecule has 2 unspecified atom stereocenters. The number of benzene rings is 2. The van der Waals surface area contributed by atoms with Gasteiger partial charge in [-0.25, -0.2) is 4.79 Å². The lowest BCUT2D eigenvalue weighted by Crippen LogP contribution is -2.42. The standard InChI is InChI=1S/C23H31N3O2/c1-17(2)22(19-8-5-4-6-9-19)25-23(27)24-15-18-12-13-26(16-18)20-10-7-11-21(14-20)28-3/h4-11,14,17-18,22H,12-13,15-16H2,1-3H3,(H2,24,25,27). The van der Waals surface area contributed by atoms with E-state index in [4.69, 9.17) is 4.74 Å². The molecule has 2 N–H and O–H groups in total. The quantitative estimate of drug-likeness (QED) is 0.755. The van der Waals surface area contributed by atoms with E-state index in [9.17, 15) is 4.79 Å². The van der Waals surface area contributed by atoms with E-state index in [0.29, 0.717) is 18.4 Å². The van der Waals surface area contributed by atoms with Crippen LogP contribution in [-0.4, -0.2) is 32.8 Å². The van der Waals surface area contributed by atoms with E-state index in [1.165, 1.54) is 5.69 Å². The summed E-state index contributed by atoms with van der Waals surface area (Å²) in [6.07, 6.45) is 1.07. The molecule has 0 aliphatic carbocycles. The summed E-state index contributed by atoms with van der Waals surface area (Å²) in [5.41, 5.74) is 2.31. The van der Waals surface area contributed by atoms with Gasteiger partial charge in [-0.1, -0.05) is 50.2 Å². The molecule has 0 bridgehead atoms. The minimum Gasteiger partial charge on any atom is -0.497 e. The summed E-state index contributed by atoms with van der Waals surface area (Å²) in [4.78, 5) is 14.8. The molecular formula is C23H31N3O2. The molecule has 1 aliphatic heterocycles. The molecule has 28 heavy (non-hydrogen) atoms. The average molecular weight is 382 g/mol. The van der Waals surface area contributed by atoms with Crippen LogP contribution in [0, 0.1) is 11.8 Å². The molecule has 150 valence electrons. The van der Waals surface area contributed by atoms with Crippen LogP contribution in [-0.2, 0) is 0 Å². The third-order valence-corrected chi connectivity index (χ3v) is 5.37. The molecule has 0 saturated carbocycles. The second-order valence-electron chi connectivity index (χ2n) is 7.79. The zero-order chi connectivity index (χ0) is 19.9. The summed E-state index contributed by atoms with van der Waals surface area (Å²) in [6, 6.07) is 18.2. The number of anilines is 1. The lowest BCUT2D eigenvalue weighted by molar-refractivity contribution is 0.231. The summed E-state index contributed by atoms with van der Waals surface area (Å²) in [6.45, 7) is 6.88. The first-order chi connectivity index (χ1) is 13.6. The molecule has 2 atom stereocenters. The van der Waals surface area contributed by atoms with Crippen LogP contribution in [0.1, 0.15) is 31.9 Å². The van der Waals surface area contributed by atoms with E-state index in [1.54, 1.807) is 7.11 Å². The van der Waals surface area contributed by atoms with E-state index in [1.807, 2.05) is 30.3 Å². The van der Waals surface area contributed by atoms with Crippen molar-refractivity contribution in [1.29, 1.82) is 0 Å². The molecule has 5 heteroatoms. The summed E-state index contributed by atoms with van der Waals surface area (Å²) in [5, 5.41) is 6.21. The second kappa shape index (κ2) is 9.49. The normalized spacial score (nSPS) is 17.4. The van der Waals surface area contributed by atoms with Crippen LogP contribution in [0.3, 0.4) is 0 Å². The van der Waals surface area contributed by atoms with Crippen molar-refractivity contribution in [2.45, 2.75) is 26.3 Å². The number of methoxy groups -OCH3 is 1. The van der Waals surface area contributed by atoms with E-state index in [2.05, 4.69) is 53.6 Å². The number of urea groups is 1. The first-order valence-electron chi connectivity index (χ1n) is 10.0. The first-order valence-corrected chi connectivity index (χ1v) is 10.0. The van der Waals surface area contributed by atoms with Gasteiger partial charge in [0, 0.05) is 31.4 Å². The molecule has 2 aromatic carbocycles. The fourth-order valence-electron chi connectivity index (χ4n) is 3.77. The highest BCUT2D eigenvalue weighted by atomic mass is 16.5. The van der Waals surface area contributed by atoms with Gasteiger partial charge < -0.3 is 20.3 Å². The topological polar surface area (TPSA) is 53.6 Å². The Bertz CT molecular complexity index is 763. The van der Waals surface area contributed by atoms with Crippen molar-refractivity contribution in [1.82, 2.24) is 10.6 Å². The molecule has 2 amide bonds. The van der Waals surface area contributed by atoms with Crippen LogP contribution < -0.4 is 20.3 Å². The van der Waals surface area contributed by atoms with E-state index in [-0.39, 0.29) is 12.1 Å². The molecule has 0 spiro atoms. The van der Waals surface area contributed by atoms with Gasteiger partial charge >= 0.3 is 6.03 Å². The molecule has 1 heterocycles. The Labute approximate surface area is 168 Å². The van der Waals surface area contributed by atoms with Crippen LogP contribution >= 0.6 is 0 Å². The van der Waals surface area contributed by atoms with Gasteiger partial charge in [-0.2, -0.15) is 0 Å². The van der Waals surface area contributed by atoms with Gasteiger partial charge in [-0.3, -0.25) is 0 Å². The number of nitrogens with zero attached hydrogens (tertiary/aromatic N) is 1. The highest BCUT2D eigenvalue weighted by Crippen LogP contribution is 2.26. The number of hydrogen-bond acceptors (Lipinski definition) is 3. The number of amides is 2. The lowest BCUT2D eigenvalue weighted by Gasteiger charge is -2.24. The maximum Gasteiger partial charge on any atom is 0.315 e. The second-order valence-corrected chi connectivity index (χ2v) is 7.79. The van der Waals surface area contributed by atoms with E-state index < -0.39 is 0 Å². The SMILES string of the molecule is COc1cccc(N2CCC(CNC(=O)NC(c3ccccc3)C(C)C)C2)c1. The maximum absolute atomic E-state index is 12.5. The molecule has 1 aliphatic rings. The van der Waals surface area contributed by atoms with Crippen molar-refractivity contribution in [2.75, 3.05) is 31.6 Å². The van der Waals surface area contributed by atoms with Crippen molar-refractivity contribution in [3.8, 4) is 5.75 Å². The van der Waals surface area contributed by atoms with Crippen LogP contribution in [0.2, 0.25) is 0 Å². The highest BCUT2D eigenvalue weighted by molar-refractivity contribution is 5.74. The Balaban J connectivity index is 1.49. The fraction of sp³-hybridized carbons (Fsp3) is 0.435. The highest BCUT2D eigenvalue weighted by Gasteiger charge is 2.24. The molecule has 1 fully saturated rings. The Hall–Kier alpha value is -2.69. The number of carbonyl (C=O) groups excluding carboxylic acids is 1. The van der Waals surface area contributed by atoms with Crippen molar-refractivity contribution in [3.63, 3.8) is 0 Å². The summed E-state index contributed by atoms with van der Waals surface area (Å²) in [5.74, 6) is 1.65. The summed E-state index contributed by atoms with van der Waals surface area (Å²) >= 11 is 0. The minimum absolute atomic E-state index is 0.0121. The molecule has 0 aromatic heterocycles. The Morgan fingerprint density at radius 3 is 2.68 bits per heavy atom. The average Bonchev–Trinajstić information content (AvgIpc) is 3.20. The molecule has 1 saturated heterocycles. The fourth-order valence-corrected chi connectivity index (χ4v) is 3.77. The van der Waals surface area contributed by atoms with Gasteiger partial charge in [0.1, 0.15) is 5.75 Å². The van der Waals surface area contributed by atoms with Crippen LogP contribution in [0.15, 0.2) is 54.6 Å². The van der Waals surface area contributed by atoms with Crippen LogP contribution in [0.5, 0.6) is 5.75 Å². The predicted octanol–water partition coefficient (Wildman–Crippen LogP) is 4.22. The molecule has 5 nitrogen and oxygen atoms in total. The Morgan fingerprint density at radius 2 is 1.96 bits per heavy atom. The van der Waals surface area contributed by atoms with Gasteiger partial charge in [0.25, 0.3) is 0 Å². The molecule has 0 radical (unpaired) electrons. The van der Waals surface area contributed by atoms with Gasteiger partial charge in [-0.05, 0) is 36.0 Å². The Kier molecular flexibility index (Phi) is 6.80. The van der Waals surface area contributed by atoms with Crippen molar-refractivity contribution in [2.24, 2.45) is 11.8 Å². The van der Waals surface area contributed by atoms with Crippen molar-refractivity contribution < 1.29 is 9.53 Å². The number of ether oxygens (including phenoxy) is 1. The molecule has 2 aromatic rings. The zero-order valence-corrected chi connectivity index (χ0v) is 17.0. The maximum atomic E-state index is 12.5. The van der Waals surface area contributed by atoms with Gasteiger partial charge in [-0.15, -0.1) is 0 Å². The third-order valence-electron chi connectivity index (χ3n) is 5.37. The largest absolute Gasteiger partial charge is 0.497 e. The Morgan fingerprint density at radius 1 is 1.18 bits per heavy atom. The van der Waals surface area contributed by atoms with E-state index in [0.717, 1.165) is 30.8 Å². The van der Waals surface area contributed by atoms with Crippen molar-refractivity contribution in [3.05, 3.63) is 60.2 Å². The zero-order valence-electron chi connectivity index (χ0n) is 17.0. The van der Waals surface area contributed by atoms with Crippen LogP contribution in [0.4, 0.5) is 10.5 Å². The summed E-state index contributed by atoms with van der Waals surface area (Å²) < 4.78 is 5.32. The monoisotopic (exact) mass is 381 g/mol. The predicted molar refractivity (Wildman–Crippen MR) is 114 cm³/mol. The molecule has 3 rings (SSSR count). The number of hydrogen-bond donors (Lipinski definition) is 2. The van der Waals surface area contributed by atoms with Gasteiger partial charge in [0.2, 0.25) is 0 Å². The lowest BCUT2D eigenvalue weighted by atomic mass is 9.96. The minimum atomic E-state index is -0.0950. The smallest absolute Gasteiger partial charge is 0.315 e. The molecular weight excluding hydrogens is 350 g/mol. The number of carbonyl (C=O) groups is 1. The van der Waals surface area contributed by atoms with Crippen molar-refractivity contribution >= 4 is 11.7 Å². The van der Waals surface area contributed by atoms with Crippen LogP contribution in [0.25, 0.3) is 0 Å². The van der Waals surface area contributed by atoms with Gasteiger partial charge in [0.05, 0.1) is 13.2 Å². The number of nitrogens with one attached hydrogen (secondary N) is 2. The first kappa shape index (κ1) is 20.1. The summed E-state index contributed by atoms with van der Waals surface area (Å²) in [7, 11) is 1.69. The number of rotatable bonds is 7. The van der Waals surface area contributed by atoms with E-state index >= 15 is 0 Å².